The summed E-state index contributed by atoms with van der Waals surface area (Å²) in [5.74, 6) is 0.391. The Bertz CT molecular complexity index is 1500. The van der Waals surface area contributed by atoms with E-state index >= 15 is 0 Å². The maximum atomic E-state index is 11.8. The average Bonchev–Trinajstić information content (AvgIpc) is 3.42. The van der Waals surface area contributed by atoms with Crippen molar-refractivity contribution in [1.29, 1.82) is 0 Å². The predicted octanol–water partition coefficient (Wildman–Crippen LogP) is 1.17. The van der Waals surface area contributed by atoms with E-state index in [1.165, 1.54) is 7.05 Å². The number of aromatic amines is 1. The van der Waals surface area contributed by atoms with Crippen LogP contribution in [-0.2, 0) is 7.05 Å². The van der Waals surface area contributed by atoms with Crippen LogP contribution < -0.4 is 21.7 Å². The van der Waals surface area contributed by atoms with Crippen LogP contribution in [0.25, 0.3) is 11.7 Å². The van der Waals surface area contributed by atoms with Crippen molar-refractivity contribution in [3.63, 3.8) is 0 Å². The average molecular weight is 439 g/mol. The number of aromatic hydroxyl groups is 1. The zero-order valence-corrected chi connectivity index (χ0v) is 17.6. The number of anilines is 2. The lowest BCUT2D eigenvalue weighted by molar-refractivity contribution is 0.428. The number of hydrogen-bond acceptors (Lipinski definition) is 7. The maximum absolute atomic E-state index is 11.8. The van der Waals surface area contributed by atoms with Gasteiger partial charge in [0.25, 0.3) is 0 Å². The molecule has 0 aliphatic heterocycles. The number of imidazole rings is 1. The highest BCUT2D eigenvalue weighted by atomic mass is 35.5. The lowest BCUT2D eigenvalue weighted by atomic mass is 10.2. The van der Waals surface area contributed by atoms with Crippen molar-refractivity contribution in [2.45, 2.75) is 25.8 Å². The van der Waals surface area contributed by atoms with Crippen molar-refractivity contribution < 1.29 is 5.11 Å². The number of pyridine rings is 1. The summed E-state index contributed by atoms with van der Waals surface area (Å²) in [5, 5.41) is 19.0. The molecule has 0 spiro atoms. The Labute approximate surface area is 180 Å². The Hall–Kier alpha value is -3.66. The summed E-state index contributed by atoms with van der Waals surface area (Å²) in [5.41, 5.74) is 2.64. The normalized spacial score (nSPS) is 15.2. The van der Waals surface area contributed by atoms with Crippen LogP contribution in [0.3, 0.4) is 0 Å². The van der Waals surface area contributed by atoms with Crippen LogP contribution in [0.15, 0.2) is 34.4 Å². The highest BCUT2D eigenvalue weighted by Crippen LogP contribution is 2.24. The molecule has 4 aromatic rings. The second kappa shape index (κ2) is 7.24. The summed E-state index contributed by atoms with van der Waals surface area (Å²) >= 11 is 6.20. The van der Waals surface area contributed by atoms with Crippen molar-refractivity contribution in [3.8, 4) is 5.88 Å². The molecule has 0 radical (unpaired) electrons. The molecule has 158 valence electrons. The quantitative estimate of drug-likeness (QED) is 0.439. The van der Waals surface area contributed by atoms with Gasteiger partial charge in [0.2, 0.25) is 5.88 Å². The van der Waals surface area contributed by atoms with E-state index < -0.39 is 5.69 Å². The second-order valence-electron chi connectivity index (χ2n) is 7.48. The SMILES string of the molecule is Cc1c(Cl)cncc1Nc1cc(=NC2CC2)n2ncc(=Cc3[nH]c(=O)n(C)c3O)c2n1. The molecule has 3 N–H and O–H groups in total. The van der Waals surface area contributed by atoms with Gasteiger partial charge in [0.15, 0.2) is 11.1 Å². The van der Waals surface area contributed by atoms with Crippen LogP contribution in [0, 0.1) is 6.92 Å². The maximum Gasteiger partial charge on any atom is 0.328 e. The molecule has 31 heavy (non-hydrogen) atoms. The van der Waals surface area contributed by atoms with Crippen LogP contribution in [0.2, 0.25) is 5.02 Å². The van der Waals surface area contributed by atoms with E-state index in [9.17, 15) is 9.90 Å². The van der Waals surface area contributed by atoms with E-state index in [1.54, 1.807) is 29.2 Å². The Morgan fingerprint density at radius 1 is 1.35 bits per heavy atom. The molecule has 1 aliphatic carbocycles. The summed E-state index contributed by atoms with van der Waals surface area (Å²) in [4.78, 5) is 28.0. The zero-order chi connectivity index (χ0) is 21.7. The predicted molar refractivity (Wildman–Crippen MR) is 115 cm³/mol. The lowest BCUT2D eigenvalue weighted by Crippen LogP contribution is -2.20. The minimum atomic E-state index is -0.413. The fourth-order valence-electron chi connectivity index (χ4n) is 3.16. The molecule has 0 atom stereocenters. The fraction of sp³-hybridized carbons (Fsp3) is 0.250. The smallest absolute Gasteiger partial charge is 0.328 e. The molecule has 0 unspecified atom stereocenters. The van der Waals surface area contributed by atoms with Gasteiger partial charge in [-0.2, -0.15) is 9.61 Å². The summed E-state index contributed by atoms with van der Waals surface area (Å²) in [6.45, 7) is 1.90. The number of aromatic nitrogens is 6. The number of halogens is 1. The van der Waals surface area contributed by atoms with Crippen molar-refractivity contribution in [2.24, 2.45) is 12.0 Å². The monoisotopic (exact) mass is 438 g/mol. The first-order valence-corrected chi connectivity index (χ1v) is 10.1. The van der Waals surface area contributed by atoms with Crippen molar-refractivity contribution in [1.82, 2.24) is 29.1 Å². The molecular formula is C20H19ClN8O2. The lowest BCUT2D eigenvalue weighted by Gasteiger charge is -2.09. The first-order valence-electron chi connectivity index (χ1n) is 9.70. The summed E-state index contributed by atoms with van der Waals surface area (Å²) < 4.78 is 2.78. The molecule has 0 aromatic carbocycles. The summed E-state index contributed by atoms with van der Waals surface area (Å²) in [6.07, 6.45) is 8.61. The molecule has 0 bridgehead atoms. The molecular weight excluding hydrogens is 420 g/mol. The Morgan fingerprint density at radius 2 is 2.16 bits per heavy atom. The number of H-pyrrole nitrogens is 1. The first kappa shape index (κ1) is 19.3. The van der Waals surface area contributed by atoms with Gasteiger partial charge < -0.3 is 15.4 Å². The van der Waals surface area contributed by atoms with Gasteiger partial charge in [-0.15, -0.1) is 0 Å². The van der Waals surface area contributed by atoms with Gasteiger partial charge in [0.05, 0.1) is 29.1 Å². The fourth-order valence-corrected chi connectivity index (χ4v) is 3.32. The van der Waals surface area contributed by atoms with E-state index in [-0.39, 0.29) is 17.6 Å². The summed E-state index contributed by atoms with van der Waals surface area (Å²) in [7, 11) is 1.48. The number of fused-ring (bicyclic) bond motifs is 1. The Morgan fingerprint density at radius 3 is 2.87 bits per heavy atom. The third-order valence-electron chi connectivity index (χ3n) is 5.16. The molecule has 0 saturated heterocycles. The number of nitrogens with zero attached hydrogens (tertiary/aromatic N) is 6. The molecule has 5 rings (SSSR count). The van der Waals surface area contributed by atoms with Crippen LogP contribution in [0.5, 0.6) is 5.88 Å². The first-order chi connectivity index (χ1) is 14.9. The largest absolute Gasteiger partial charge is 0.493 e. The zero-order valence-electron chi connectivity index (χ0n) is 16.8. The van der Waals surface area contributed by atoms with Gasteiger partial charge in [0, 0.05) is 24.5 Å². The van der Waals surface area contributed by atoms with Gasteiger partial charge >= 0.3 is 5.69 Å². The van der Waals surface area contributed by atoms with Crippen molar-refractivity contribution in [2.75, 3.05) is 5.32 Å². The molecule has 11 heteroatoms. The Kier molecular flexibility index (Phi) is 4.51. The number of rotatable bonds is 4. The van der Waals surface area contributed by atoms with Gasteiger partial charge in [-0.05, 0) is 31.4 Å². The van der Waals surface area contributed by atoms with Crippen LogP contribution >= 0.6 is 11.6 Å². The van der Waals surface area contributed by atoms with Crippen LogP contribution in [0.1, 0.15) is 24.1 Å². The Balaban J connectivity index is 1.70. The molecule has 1 fully saturated rings. The second-order valence-corrected chi connectivity index (χ2v) is 7.89. The van der Waals surface area contributed by atoms with E-state index in [4.69, 9.17) is 21.6 Å². The molecule has 0 amide bonds. The topological polar surface area (TPSA) is 125 Å². The summed E-state index contributed by atoms with van der Waals surface area (Å²) in [6, 6.07) is 2.10. The van der Waals surface area contributed by atoms with E-state index in [1.807, 2.05) is 13.0 Å². The molecule has 10 nitrogen and oxygen atoms in total. The molecule has 4 aromatic heterocycles. The van der Waals surface area contributed by atoms with Crippen LogP contribution in [0.4, 0.5) is 11.5 Å². The molecule has 1 aliphatic rings. The van der Waals surface area contributed by atoms with E-state index in [0.29, 0.717) is 27.2 Å². The third kappa shape index (κ3) is 3.55. The minimum absolute atomic E-state index is 0.165. The highest BCUT2D eigenvalue weighted by molar-refractivity contribution is 6.31. The van der Waals surface area contributed by atoms with Crippen LogP contribution in [-0.4, -0.2) is 40.3 Å². The van der Waals surface area contributed by atoms with Gasteiger partial charge in [-0.3, -0.25) is 14.5 Å². The van der Waals surface area contributed by atoms with E-state index in [0.717, 1.165) is 28.7 Å². The third-order valence-corrected chi connectivity index (χ3v) is 5.54. The number of hydrogen-bond donors (Lipinski definition) is 3. The minimum Gasteiger partial charge on any atom is -0.493 e. The van der Waals surface area contributed by atoms with Gasteiger partial charge in [-0.1, -0.05) is 11.6 Å². The van der Waals surface area contributed by atoms with Crippen molar-refractivity contribution in [3.05, 3.63) is 62.1 Å². The highest BCUT2D eigenvalue weighted by Gasteiger charge is 2.20. The van der Waals surface area contributed by atoms with E-state index in [2.05, 4.69) is 20.4 Å². The van der Waals surface area contributed by atoms with Gasteiger partial charge in [0.1, 0.15) is 11.5 Å². The molecule has 4 heterocycles. The van der Waals surface area contributed by atoms with Crippen molar-refractivity contribution >= 4 is 34.8 Å². The standard InChI is InChI=1S/C20H19ClN8O2/c1-10-13(21)8-22-9-15(10)25-16-6-17(24-12-3-4-12)29-18(27-16)11(7-23-29)5-14-19(30)28(2)20(31)26-14/h5-9,12,25,30H,3-4H2,1-2H3,(H,26,31). The number of nitrogens with one attached hydrogen (secondary N) is 2. The molecule has 1 saturated carbocycles. The van der Waals surface area contributed by atoms with Gasteiger partial charge in [-0.25, -0.2) is 9.78 Å².